The molecule has 19 heavy (non-hydrogen) atoms. The number of nitrogen functional groups attached to an aromatic ring is 1. The zero-order chi connectivity index (χ0) is 15.0. The van der Waals surface area contributed by atoms with Crippen molar-refractivity contribution < 1.29 is 5.11 Å². The summed E-state index contributed by atoms with van der Waals surface area (Å²) in [6.07, 6.45) is 0.557. The Kier molecular flexibility index (Phi) is 4.76. The van der Waals surface area contributed by atoms with E-state index in [1.165, 1.54) is 0 Å². The van der Waals surface area contributed by atoms with Crippen molar-refractivity contribution in [1.82, 2.24) is 0 Å². The van der Waals surface area contributed by atoms with Gasteiger partial charge in [-0.2, -0.15) is 0 Å². The molecule has 1 aromatic rings. The van der Waals surface area contributed by atoms with Crippen LogP contribution in [0.2, 0.25) is 18.1 Å². The molecule has 0 bridgehead atoms. The summed E-state index contributed by atoms with van der Waals surface area (Å²) < 4.78 is 0. The van der Waals surface area contributed by atoms with E-state index in [0.717, 1.165) is 16.8 Å². The molecule has 0 spiro atoms. The van der Waals surface area contributed by atoms with Crippen molar-refractivity contribution in [2.45, 2.75) is 52.4 Å². The minimum Gasteiger partial charge on any atom is -0.399 e. The topological polar surface area (TPSA) is 46.2 Å². The third kappa shape index (κ3) is 3.33. The van der Waals surface area contributed by atoms with Crippen LogP contribution < -0.4 is 5.73 Å². The smallest absolute Gasteiger partial charge is 0.0832 e. The maximum absolute atomic E-state index is 11.1. The van der Waals surface area contributed by atoms with E-state index in [2.05, 4.69) is 33.9 Å². The molecule has 107 valence electrons. The van der Waals surface area contributed by atoms with Gasteiger partial charge >= 0.3 is 0 Å². The third-order valence-electron chi connectivity index (χ3n) is 3.95. The second-order valence-corrected chi connectivity index (χ2v) is 9.82. The predicted octanol–water partition coefficient (Wildman–Crippen LogP) is 3.84. The summed E-state index contributed by atoms with van der Waals surface area (Å²) in [5.41, 5.74) is 8.42. The number of benzene rings is 1. The lowest BCUT2D eigenvalue weighted by Crippen LogP contribution is -2.54. The van der Waals surface area contributed by atoms with Crippen molar-refractivity contribution >= 4 is 26.1 Å². The summed E-state index contributed by atoms with van der Waals surface area (Å²) in [6, 6.07) is 3.78. The molecule has 1 rings (SSSR count). The molecule has 1 aromatic carbocycles. The largest absolute Gasteiger partial charge is 0.399 e. The molecule has 0 heterocycles. The van der Waals surface area contributed by atoms with Crippen LogP contribution in [0.3, 0.4) is 0 Å². The minimum absolute atomic E-state index is 0.187. The fourth-order valence-corrected chi connectivity index (χ4v) is 4.67. The SMILES string of the molecule is Cc1cc(Cl)c(CC(O)([Si](C)C)C(C)(C)C)cc1N. The zero-order valence-corrected chi connectivity index (χ0v) is 14.5. The molecule has 1 unspecified atom stereocenters. The highest BCUT2D eigenvalue weighted by Crippen LogP contribution is 2.37. The first-order valence-electron chi connectivity index (χ1n) is 6.56. The van der Waals surface area contributed by atoms with Crippen molar-refractivity contribution in [1.29, 1.82) is 0 Å². The van der Waals surface area contributed by atoms with Crippen LogP contribution in [0.15, 0.2) is 12.1 Å². The van der Waals surface area contributed by atoms with E-state index < -0.39 is 14.0 Å². The second-order valence-electron chi connectivity index (χ2n) is 6.59. The third-order valence-corrected chi connectivity index (χ3v) is 6.88. The Morgan fingerprint density at radius 2 is 1.79 bits per heavy atom. The van der Waals surface area contributed by atoms with Gasteiger partial charge in [-0.05, 0) is 42.0 Å². The lowest BCUT2D eigenvalue weighted by Gasteiger charge is -2.43. The lowest BCUT2D eigenvalue weighted by atomic mass is 9.84. The van der Waals surface area contributed by atoms with Crippen LogP contribution in [0.1, 0.15) is 31.9 Å². The average molecular weight is 299 g/mol. The molecule has 0 aliphatic heterocycles. The van der Waals surface area contributed by atoms with Crippen LogP contribution in [-0.2, 0) is 6.42 Å². The molecule has 0 aliphatic rings. The van der Waals surface area contributed by atoms with E-state index in [4.69, 9.17) is 17.3 Å². The minimum atomic E-state index is -0.910. The van der Waals surface area contributed by atoms with Gasteiger partial charge in [0.2, 0.25) is 0 Å². The van der Waals surface area contributed by atoms with E-state index in [1.807, 2.05) is 19.1 Å². The summed E-state index contributed by atoms with van der Waals surface area (Å²) in [4.78, 5) is 0. The lowest BCUT2D eigenvalue weighted by molar-refractivity contribution is 0.0130. The monoisotopic (exact) mass is 298 g/mol. The Balaban J connectivity index is 3.22. The molecule has 2 nitrogen and oxygen atoms in total. The number of rotatable bonds is 3. The van der Waals surface area contributed by atoms with Gasteiger partial charge < -0.3 is 10.8 Å². The number of hydrogen-bond acceptors (Lipinski definition) is 2. The predicted molar refractivity (Wildman–Crippen MR) is 86.2 cm³/mol. The molecular weight excluding hydrogens is 274 g/mol. The molecule has 0 amide bonds. The quantitative estimate of drug-likeness (QED) is 0.658. The summed E-state index contributed by atoms with van der Waals surface area (Å²) >= 11 is 6.31. The van der Waals surface area contributed by atoms with Gasteiger partial charge in [-0.15, -0.1) is 0 Å². The standard InChI is InChI=1S/C15H25ClNOSi/c1-10-7-12(16)11(8-13(10)17)9-15(18,19(5)6)14(2,3)4/h7-8,18H,9,17H2,1-6H3. The first-order valence-corrected chi connectivity index (χ1v) is 9.44. The highest BCUT2D eigenvalue weighted by molar-refractivity contribution is 6.59. The van der Waals surface area contributed by atoms with Gasteiger partial charge in [0.15, 0.2) is 0 Å². The van der Waals surface area contributed by atoms with Crippen molar-refractivity contribution in [2.75, 3.05) is 5.73 Å². The van der Waals surface area contributed by atoms with E-state index in [0.29, 0.717) is 11.4 Å². The van der Waals surface area contributed by atoms with Crippen LogP contribution in [0, 0.1) is 12.3 Å². The number of anilines is 1. The van der Waals surface area contributed by atoms with Crippen LogP contribution in [0.5, 0.6) is 0 Å². The van der Waals surface area contributed by atoms with Crippen LogP contribution in [-0.4, -0.2) is 19.1 Å². The molecule has 0 saturated heterocycles. The molecule has 0 aliphatic carbocycles. The summed E-state index contributed by atoms with van der Waals surface area (Å²) in [5, 5.41) is 11.1. The first-order chi connectivity index (χ1) is 8.49. The van der Waals surface area contributed by atoms with Gasteiger partial charge in [-0.3, -0.25) is 0 Å². The molecule has 0 aromatic heterocycles. The van der Waals surface area contributed by atoms with Gasteiger partial charge in [0, 0.05) is 10.7 Å². The maximum atomic E-state index is 11.1. The van der Waals surface area contributed by atoms with E-state index in [-0.39, 0.29) is 5.41 Å². The fraction of sp³-hybridized carbons (Fsp3) is 0.600. The first kappa shape index (κ1) is 16.5. The zero-order valence-electron chi connectivity index (χ0n) is 12.8. The van der Waals surface area contributed by atoms with Gasteiger partial charge in [-0.25, -0.2) is 0 Å². The number of nitrogens with two attached hydrogens (primary N) is 1. The van der Waals surface area contributed by atoms with Gasteiger partial charge in [0.05, 0.1) is 14.0 Å². The Morgan fingerprint density at radius 1 is 1.26 bits per heavy atom. The Labute approximate surface area is 123 Å². The van der Waals surface area contributed by atoms with Gasteiger partial charge in [0.25, 0.3) is 0 Å². The van der Waals surface area contributed by atoms with Crippen LogP contribution >= 0.6 is 11.6 Å². The van der Waals surface area contributed by atoms with Crippen LogP contribution in [0.25, 0.3) is 0 Å². The number of hydrogen-bond donors (Lipinski definition) is 2. The maximum Gasteiger partial charge on any atom is 0.0832 e. The van der Waals surface area contributed by atoms with Crippen molar-refractivity contribution in [3.05, 3.63) is 28.3 Å². The van der Waals surface area contributed by atoms with E-state index in [1.54, 1.807) is 0 Å². The molecule has 0 fully saturated rings. The second kappa shape index (κ2) is 5.47. The number of halogens is 1. The van der Waals surface area contributed by atoms with Crippen molar-refractivity contribution in [2.24, 2.45) is 5.41 Å². The average Bonchev–Trinajstić information content (AvgIpc) is 2.23. The number of aliphatic hydroxyl groups is 1. The van der Waals surface area contributed by atoms with Crippen LogP contribution in [0.4, 0.5) is 5.69 Å². The molecule has 0 saturated carbocycles. The molecular formula is C15H25ClNOSi. The number of aryl methyl sites for hydroxylation is 1. The summed E-state index contributed by atoms with van der Waals surface area (Å²) in [6.45, 7) is 12.5. The Morgan fingerprint density at radius 3 is 2.21 bits per heavy atom. The van der Waals surface area contributed by atoms with E-state index in [9.17, 15) is 5.11 Å². The summed E-state index contributed by atoms with van der Waals surface area (Å²) in [5.74, 6) is 0. The highest BCUT2D eigenvalue weighted by Gasteiger charge is 2.43. The van der Waals surface area contributed by atoms with Crippen molar-refractivity contribution in [3.63, 3.8) is 0 Å². The fourth-order valence-electron chi connectivity index (χ4n) is 2.34. The van der Waals surface area contributed by atoms with Gasteiger partial charge in [0.1, 0.15) is 0 Å². The molecule has 4 heteroatoms. The van der Waals surface area contributed by atoms with Crippen molar-refractivity contribution in [3.8, 4) is 0 Å². The van der Waals surface area contributed by atoms with Gasteiger partial charge in [-0.1, -0.05) is 45.5 Å². The molecule has 1 radical (unpaired) electrons. The molecule has 3 N–H and O–H groups in total. The Hall–Kier alpha value is -0.513. The van der Waals surface area contributed by atoms with E-state index >= 15 is 0 Å². The summed E-state index contributed by atoms with van der Waals surface area (Å²) in [7, 11) is -0.910. The Bertz CT molecular complexity index is 468. The molecule has 1 atom stereocenters. The normalized spacial score (nSPS) is 15.6. The highest BCUT2D eigenvalue weighted by atomic mass is 35.5.